The molecule has 3 heteroatoms. The van der Waals surface area contributed by atoms with Gasteiger partial charge in [-0.25, -0.2) is 0 Å². The predicted octanol–water partition coefficient (Wildman–Crippen LogP) is 12.5. The first kappa shape index (κ1) is 31.8. The largest absolute Gasteiger partial charge is 0.134 e. The van der Waals surface area contributed by atoms with Crippen LogP contribution in [0.15, 0.2) is 69.1 Å². The highest BCUT2D eigenvalue weighted by Crippen LogP contribution is 2.53. The summed E-state index contributed by atoms with van der Waals surface area (Å²) in [6, 6.07) is 13.7. The lowest BCUT2D eigenvalue weighted by atomic mass is 9.80. The molecule has 1 heterocycles. The van der Waals surface area contributed by atoms with Crippen LogP contribution in [0.25, 0.3) is 12.2 Å². The lowest BCUT2D eigenvalue weighted by molar-refractivity contribution is 0.546. The van der Waals surface area contributed by atoms with E-state index >= 15 is 0 Å². The first-order chi connectivity index (χ1) is 17.8. The average molecular weight is 577 g/mol. The van der Waals surface area contributed by atoms with E-state index in [-0.39, 0.29) is 21.7 Å². The molecule has 39 heavy (non-hydrogen) atoms. The van der Waals surface area contributed by atoms with E-state index in [4.69, 9.17) is 0 Å². The highest BCUT2D eigenvalue weighted by Gasteiger charge is 2.31. The van der Waals surface area contributed by atoms with Gasteiger partial charge in [-0.2, -0.15) is 0 Å². The summed E-state index contributed by atoms with van der Waals surface area (Å²) in [5.74, 6) is 0. The molecule has 0 amide bonds. The number of rotatable bonds is 6. The molecule has 0 aliphatic carbocycles. The zero-order valence-corrected chi connectivity index (χ0v) is 28.7. The van der Waals surface area contributed by atoms with E-state index in [9.17, 15) is 0 Å². The highest BCUT2D eigenvalue weighted by molar-refractivity contribution is 8.02. The molecule has 0 radical (unpaired) electrons. The second kappa shape index (κ2) is 11.3. The van der Waals surface area contributed by atoms with Crippen LogP contribution < -0.4 is 0 Å². The van der Waals surface area contributed by atoms with Gasteiger partial charge in [0, 0.05) is 29.3 Å². The maximum atomic E-state index is 4.24. The molecule has 0 atom stereocenters. The zero-order chi connectivity index (χ0) is 29.6. The molecular formula is C36H48S3. The number of benzene rings is 2. The van der Waals surface area contributed by atoms with Crippen molar-refractivity contribution in [3.05, 3.63) is 81.6 Å². The molecule has 0 bridgehead atoms. The Hall–Kier alpha value is -1.68. The maximum Gasteiger partial charge on any atom is 0.0448 e. The van der Waals surface area contributed by atoms with Crippen molar-refractivity contribution in [3.63, 3.8) is 0 Å². The fourth-order valence-electron chi connectivity index (χ4n) is 4.76. The molecule has 0 fully saturated rings. The Balaban J connectivity index is 2.36. The Morgan fingerprint density at radius 3 is 0.949 bits per heavy atom. The molecule has 210 valence electrons. The van der Waals surface area contributed by atoms with Crippen molar-refractivity contribution in [1.82, 2.24) is 0 Å². The molecule has 1 aromatic heterocycles. The van der Waals surface area contributed by atoms with Crippen LogP contribution >= 0.6 is 34.9 Å². The van der Waals surface area contributed by atoms with Crippen molar-refractivity contribution in [2.24, 2.45) is 0 Å². The van der Waals surface area contributed by atoms with E-state index in [1.165, 1.54) is 51.6 Å². The van der Waals surface area contributed by atoms with Gasteiger partial charge in [-0.1, -0.05) is 168 Å². The lowest BCUT2D eigenvalue weighted by Crippen LogP contribution is -2.19. The second-order valence-corrected chi connectivity index (χ2v) is 17.6. The molecule has 0 saturated carbocycles. The van der Waals surface area contributed by atoms with Gasteiger partial charge in [0.05, 0.1) is 0 Å². The van der Waals surface area contributed by atoms with Crippen molar-refractivity contribution < 1.29 is 0 Å². The Bertz CT molecular complexity index is 1190. The summed E-state index contributed by atoms with van der Waals surface area (Å²) >= 11 is 5.65. The quantitative estimate of drug-likeness (QED) is 0.286. The van der Waals surface area contributed by atoms with Gasteiger partial charge in [-0.3, -0.25) is 0 Å². The summed E-state index contributed by atoms with van der Waals surface area (Å²) in [5, 5.41) is 0. The third kappa shape index (κ3) is 6.97. The SMILES string of the molecule is C=Cc1sc(C=C)c(Sc2c(C(C)(C)C)cccc2C(C)(C)C)c1Sc1c(C(C)(C)C)cccc1C(C)(C)C. The fraction of sp³-hybridized carbons (Fsp3) is 0.444. The summed E-state index contributed by atoms with van der Waals surface area (Å²) in [4.78, 5) is 7.76. The number of hydrogen-bond donors (Lipinski definition) is 0. The molecule has 0 N–H and O–H groups in total. The molecule has 0 saturated heterocycles. The molecule has 2 aromatic carbocycles. The minimum absolute atomic E-state index is 0.0285. The molecule has 0 aliphatic heterocycles. The van der Waals surface area contributed by atoms with Gasteiger partial charge in [-0.15, -0.1) is 11.3 Å². The van der Waals surface area contributed by atoms with E-state index in [0.29, 0.717) is 0 Å². The van der Waals surface area contributed by atoms with E-state index in [0.717, 1.165) is 0 Å². The topological polar surface area (TPSA) is 0 Å². The third-order valence-electron chi connectivity index (χ3n) is 6.91. The van der Waals surface area contributed by atoms with Crippen LogP contribution in [0.3, 0.4) is 0 Å². The highest BCUT2D eigenvalue weighted by atomic mass is 32.2. The van der Waals surface area contributed by atoms with Crippen molar-refractivity contribution >= 4 is 47.0 Å². The summed E-state index contributed by atoms with van der Waals surface area (Å²) in [5.41, 5.74) is 5.68. The normalized spacial score (nSPS) is 13.0. The predicted molar refractivity (Wildman–Crippen MR) is 180 cm³/mol. The van der Waals surface area contributed by atoms with Crippen LogP contribution in [-0.2, 0) is 21.7 Å². The van der Waals surface area contributed by atoms with Gasteiger partial charge in [0.25, 0.3) is 0 Å². The molecule has 0 aliphatic rings. The summed E-state index contributed by atoms with van der Waals surface area (Å²) in [6.07, 6.45) is 4.06. The van der Waals surface area contributed by atoms with Crippen molar-refractivity contribution in [1.29, 1.82) is 0 Å². The fourth-order valence-corrected chi connectivity index (χ4v) is 9.55. The molecule has 0 spiro atoms. The first-order valence-corrected chi connectivity index (χ1v) is 16.3. The van der Waals surface area contributed by atoms with E-state index < -0.39 is 0 Å². The van der Waals surface area contributed by atoms with Crippen LogP contribution in [0, 0.1) is 0 Å². The number of hydrogen-bond acceptors (Lipinski definition) is 3. The zero-order valence-electron chi connectivity index (χ0n) is 26.3. The molecule has 0 nitrogen and oxygen atoms in total. The van der Waals surface area contributed by atoms with Crippen LogP contribution in [-0.4, -0.2) is 0 Å². The summed E-state index contributed by atoms with van der Waals surface area (Å²) in [6.45, 7) is 36.3. The Kier molecular flexibility index (Phi) is 9.23. The van der Waals surface area contributed by atoms with Gasteiger partial charge in [-0.05, 0) is 43.9 Å². The van der Waals surface area contributed by atoms with Gasteiger partial charge >= 0.3 is 0 Å². The van der Waals surface area contributed by atoms with Gasteiger partial charge in [0.15, 0.2) is 0 Å². The molecule has 3 rings (SSSR count). The van der Waals surface area contributed by atoms with E-state index in [1.54, 1.807) is 11.3 Å². The standard InChI is InChI=1S/C36H48S3/c1-15-27-31(38-29-23(33(3,4)5)19-17-20-24(29)34(6,7)8)32(28(16-2)37-27)39-30-25(35(9,10)11)21-18-22-26(30)36(12,13)14/h15-22H,1-2H2,3-14H3. The van der Waals surface area contributed by atoms with Crippen LogP contribution in [0.5, 0.6) is 0 Å². The maximum absolute atomic E-state index is 4.24. The van der Waals surface area contributed by atoms with Gasteiger partial charge in [0.1, 0.15) is 0 Å². The monoisotopic (exact) mass is 576 g/mol. The van der Waals surface area contributed by atoms with Crippen LogP contribution in [0.4, 0.5) is 0 Å². The van der Waals surface area contributed by atoms with Crippen LogP contribution in [0.1, 0.15) is 115 Å². The van der Waals surface area contributed by atoms with Gasteiger partial charge in [0.2, 0.25) is 0 Å². The smallest absolute Gasteiger partial charge is 0.0448 e. The second-order valence-electron chi connectivity index (χ2n) is 14.5. The first-order valence-electron chi connectivity index (χ1n) is 13.9. The van der Waals surface area contributed by atoms with Crippen molar-refractivity contribution in [2.75, 3.05) is 0 Å². The lowest BCUT2D eigenvalue weighted by Gasteiger charge is -2.31. The Morgan fingerprint density at radius 1 is 0.487 bits per heavy atom. The Labute approximate surface area is 251 Å². The molecular weight excluding hydrogens is 529 g/mol. The van der Waals surface area contributed by atoms with Crippen molar-refractivity contribution in [2.45, 2.75) is 124 Å². The number of thiophene rings is 1. The Morgan fingerprint density at radius 2 is 0.744 bits per heavy atom. The minimum atomic E-state index is 0.0285. The van der Waals surface area contributed by atoms with Gasteiger partial charge < -0.3 is 0 Å². The van der Waals surface area contributed by atoms with E-state index in [1.807, 2.05) is 35.7 Å². The average Bonchev–Trinajstić information content (AvgIpc) is 3.12. The van der Waals surface area contributed by atoms with Crippen molar-refractivity contribution in [3.8, 4) is 0 Å². The molecule has 3 aromatic rings. The van der Waals surface area contributed by atoms with E-state index in [2.05, 4.69) is 133 Å². The summed E-state index contributed by atoms with van der Waals surface area (Å²) in [7, 11) is 0. The summed E-state index contributed by atoms with van der Waals surface area (Å²) < 4.78 is 0. The minimum Gasteiger partial charge on any atom is -0.134 e. The third-order valence-corrected chi connectivity index (χ3v) is 11.0. The molecule has 0 unspecified atom stereocenters. The van der Waals surface area contributed by atoms with Crippen LogP contribution in [0.2, 0.25) is 0 Å².